The van der Waals surface area contributed by atoms with Crippen molar-refractivity contribution >= 4 is 5.91 Å². The van der Waals surface area contributed by atoms with Gasteiger partial charge in [0.05, 0.1) is 11.1 Å². The van der Waals surface area contributed by atoms with Gasteiger partial charge in [0, 0.05) is 31.7 Å². The summed E-state index contributed by atoms with van der Waals surface area (Å²) in [4.78, 5) is 16.3. The molecule has 1 amide bonds. The molecule has 3 rings (SSSR count). The summed E-state index contributed by atoms with van der Waals surface area (Å²) in [6.45, 7) is 4.28. The minimum atomic E-state index is -5.01. The fraction of sp³-hybridized carbons (Fsp3) is 0.435. The number of alkyl halides is 6. The van der Waals surface area contributed by atoms with E-state index in [2.05, 4.69) is 4.90 Å². The van der Waals surface area contributed by atoms with Crippen molar-refractivity contribution in [3.63, 3.8) is 0 Å². The average molecular weight is 492 g/mol. The van der Waals surface area contributed by atoms with Crippen LogP contribution in [0.2, 0.25) is 0 Å². The third-order valence-electron chi connectivity index (χ3n) is 5.66. The monoisotopic (exact) mass is 492 g/mol. The van der Waals surface area contributed by atoms with Gasteiger partial charge in [-0.2, -0.15) is 26.3 Å². The molecule has 11 heteroatoms. The van der Waals surface area contributed by atoms with Crippen molar-refractivity contribution in [1.82, 2.24) is 9.80 Å². The van der Waals surface area contributed by atoms with Crippen molar-refractivity contribution in [2.75, 3.05) is 19.7 Å². The molecule has 0 spiro atoms. The van der Waals surface area contributed by atoms with Gasteiger partial charge in [0.15, 0.2) is 6.61 Å². The maximum Gasteiger partial charge on any atom is 0.416 e. The van der Waals surface area contributed by atoms with Crippen LogP contribution in [0.3, 0.4) is 0 Å². The molecule has 0 radical (unpaired) electrons. The summed E-state index contributed by atoms with van der Waals surface area (Å²) >= 11 is 0. The zero-order valence-corrected chi connectivity index (χ0v) is 18.4. The summed E-state index contributed by atoms with van der Waals surface area (Å²) in [6, 6.07) is 6.57. The lowest BCUT2D eigenvalue weighted by Gasteiger charge is -2.44. The molecule has 1 aliphatic heterocycles. The molecule has 0 bridgehead atoms. The number of carbonyl (C=O) groups excluding carboxylic acids is 1. The van der Waals surface area contributed by atoms with Crippen LogP contribution in [-0.2, 0) is 23.7 Å². The number of hydrogen-bond donors (Lipinski definition) is 0. The highest BCUT2D eigenvalue weighted by atomic mass is 19.4. The number of benzene rings is 2. The van der Waals surface area contributed by atoms with Crippen LogP contribution in [0.1, 0.15) is 30.5 Å². The molecule has 186 valence electrons. The lowest BCUT2D eigenvalue weighted by Crippen LogP contribution is -2.58. The van der Waals surface area contributed by atoms with Crippen LogP contribution in [0.4, 0.5) is 30.7 Å². The van der Waals surface area contributed by atoms with E-state index in [-0.39, 0.29) is 24.0 Å². The van der Waals surface area contributed by atoms with E-state index in [0.29, 0.717) is 31.8 Å². The molecule has 1 heterocycles. The second-order valence-corrected chi connectivity index (χ2v) is 8.33. The first-order chi connectivity index (χ1) is 15.7. The van der Waals surface area contributed by atoms with Gasteiger partial charge in [-0.25, -0.2) is 4.39 Å². The molecule has 34 heavy (non-hydrogen) atoms. The highest BCUT2D eigenvalue weighted by Gasteiger charge is 2.37. The van der Waals surface area contributed by atoms with E-state index < -0.39 is 41.7 Å². The molecule has 0 unspecified atom stereocenters. The number of hydrogen-bond acceptors (Lipinski definition) is 3. The van der Waals surface area contributed by atoms with Crippen molar-refractivity contribution in [3.8, 4) is 5.75 Å². The molecule has 0 saturated carbocycles. The van der Waals surface area contributed by atoms with Crippen molar-refractivity contribution in [2.45, 2.75) is 44.8 Å². The quantitative estimate of drug-likeness (QED) is 0.527. The Morgan fingerprint density at radius 1 is 0.912 bits per heavy atom. The normalized spacial score (nSPS) is 19.9. The number of ether oxygens (including phenoxy) is 1. The fourth-order valence-electron chi connectivity index (χ4n) is 3.83. The van der Waals surface area contributed by atoms with E-state index in [4.69, 9.17) is 4.74 Å². The van der Waals surface area contributed by atoms with Crippen molar-refractivity contribution in [2.24, 2.45) is 0 Å². The second kappa shape index (κ2) is 9.81. The maximum absolute atomic E-state index is 13.1. The Kier molecular flexibility index (Phi) is 7.44. The van der Waals surface area contributed by atoms with Gasteiger partial charge in [-0.15, -0.1) is 0 Å². The van der Waals surface area contributed by atoms with E-state index in [1.54, 1.807) is 19.1 Å². The molecule has 1 fully saturated rings. The molecule has 0 aliphatic carbocycles. The summed E-state index contributed by atoms with van der Waals surface area (Å²) in [6.07, 6.45) is -10.0. The molecular formula is C23H23F7N2O2. The largest absolute Gasteiger partial charge is 0.484 e. The number of piperazine rings is 1. The molecule has 4 nitrogen and oxygen atoms in total. The van der Waals surface area contributed by atoms with Crippen LogP contribution in [0, 0.1) is 5.82 Å². The van der Waals surface area contributed by atoms with Crippen LogP contribution in [0.5, 0.6) is 5.75 Å². The number of carbonyl (C=O) groups is 1. The Balaban J connectivity index is 1.65. The number of halogens is 7. The van der Waals surface area contributed by atoms with Gasteiger partial charge in [-0.1, -0.05) is 12.1 Å². The van der Waals surface area contributed by atoms with E-state index in [1.165, 1.54) is 17.0 Å². The van der Waals surface area contributed by atoms with E-state index in [9.17, 15) is 35.5 Å². The van der Waals surface area contributed by atoms with Crippen LogP contribution >= 0.6 is 0 Å². The Morgan fingerprint density at radius 3 is 2.00 bits per heavy atom. The fourth-order valence-corrected chi connectivity index (χ4v) is 3.83. The van der Waals surface area contributed by atoms with E-state index >= 15 is 0 Å². The zero-order chi connectivity index (χ0) is 25.3. The first kappa shape index (κ1) is 25.8. The molecule has 2 atom stereocenters. The molecule has 2 aromatic rings. The summed E-state index contributed by atoms with van der Waals surface area (Å²) in [5.74, 6) is -1.58. The molecule has 0 N–H and O–H groups in total. The molecule has 2 aromatic carbocycles. The predicted octanol–water partition coefficient (Wildman–Crippen LogP) is 5.36. The number of amides is 1. The van der Waals surface area contributed by atoms with E-state index in [0.717, 1.165) is 5.56 Å². The number of nitrogens with zero attached hydrogens (tertiary/aromatic N) is 2. The summed E-state index contributed by atoms with van der Waals surface area (Å²) in [5, 5.41) is 0. The van der Waals surface area contributed by atoms with Gasteiger partial charge < -0.3 is 9.64 Å². The van der Waals surface area contributed by atoms with Crippen molar-refractivity contribution in [1.29, 1.82) is 0 Å². The van der Waals surface area contributed by atoms with Crippen LogP contribution in [-0.4, -0.2) is 47.5 Å². The predicted molar refractivity (Wildman–Crippen MR) is 109 cm³/mol. The maximum atomic E-state index is 13.1. The first-order valence-corrected chi connectivity index (χ1v) is 10.4. The van der Waals surface area contributed by atoms with Gasteiger partial charge in [0.25, 0.3) is 5.91 Å². The zero-order valence-electron chi connectivity index (χ0n) is 18.4. The highest BCUT2D eigenvalue weighted by molar-refractivity contribution is 5.78. The van der Waals surface area contributed by atoms with Crippen LogP contribution in [0.15, 0.2) is 42.5 Å². The standard InChI is InChI=1S/C23H23F7N2O2/c1-14-11-32(15(2)10-31(14)12-16-3-5-19(24)6-4-16)21(33)13-34-20-8-17(22(25,26)27)7-18(9-20)23(28,29)30/h3-9,14-15H,10-13H2,1-2H3/t14-,15+/m1/s1. The first-order valence-electron chi connectivity index (χ1n) is 10.4. The smallest absolute Gasteiger partial charge is 0.416 e. The minimum Gasteiger partial charge on any atom is -0.484 e. The molecule has 1 saturated heterocycles. The third-order valence-corrected chi connectivity index (χ3v) is 5.66. The Morgan fingerprint density at radius 2 is 1.47 bits per heavy atom. The molecule has 1 aliphatic rings. The van der Waals surface area contributed by atoms with Gasteiger partial charge in [0.1, 0.15) is 11.6 Å². The van der Waals surface area contributed by atoms with Crippen LogP contribution in [0.25, 0.3) is 0 Å². The Hall–Kier alpha value is -2.82. The van der Waals surface area contributed by atoms with Gasteiger partial charge in [-0.3, -0.25) is 9.69 Å². The highest BCUT2D eigenvalue weighted by Crippen LogP contribution is 2.38. The van der Waals surface area contributed by atoms with Gasteiger partial charge in [-0.05, 0) is 49.7 Å². The molecule has 0 aromatic heterocycles. The average Bonchev–Trinajstić information content (AvgIpc) is 2.74. The summed E-state index contributed by atoms with van der Waals surface area (Å²) in [5.41, 5.74) is -2.13. The lowest BCUT2D eigenvalue weighted by atomic mass is 10.1. The van der Waals surface area contributed by atoms with Crippen molar-refractivity contribution < 1.29 is 40.3 Å². The minimum absolute atomic E-state index is 0.00121. The topological polar surface area (TPSA) is 32.8 Å². The third kappa shape index (κ3) is 6.40. The second-order valence-electron chi connectivity index (χ2n) is 8.33. The lowest BCUT2D eigenvalue weighted by molar-refractivity contribution is -0.143. The van der Waals surface area contributed by atoms with E-state index in [1.807, 2.05) is 6.92 Å². The Labute approximate surface area is 191 Å². The SMILES string of the molecule is C[C@@H]1CN(C(=O)COc2cc(C(F)(F)F)cc(C(F)(F)F)c2)[C@@H](C)CN1Cc1ccc(F)cc1. The molecular weight excluding hydrogens is 469 g/mol. The summed E-state index contributed by atoms with van der Waals surface area (Å²) < 4.78 is 96.3. The van der Waals surface area contributed by atoms with Gasteiger partial charge in [0.2, 0.25) is 0 Å². The Bertz CT molecular complexity index is 974. The number of rotatable bonds is 5. The summed E-state index contributed by atoms with van der Waals surface area (Å²) in [7, 11) is 0. The van der Waals surface area contributed by atoms with Gasteiger partial charge >= 0.3 is 12.4 Å². The van der Waals surface area contributed by atoms with Crippen molar-refractivity contribution in [3.05, 3.63) is 65.0 Å². The van der Waals surface area contributed by atoms with Crippen LogP contribution < -0.4 is 4.74 Å².